The summed E-state index contributed by atoms with van der Waals surface area (Å²) in [5, 5.41) is 10.8. The highest BCUT2D eigenvalue weighted by molar-refractivity contribution is 6.31. The van der Waals surface area contributed by atoms with Crippen LogP contribution in [0.2, 0.25) is 10.2 Å². The van der Waals surface area contributed by atoms with Crippen LogP contribution in [-0.4, -0.2) is 19.9 Å². The molecule has 0 saturated heterocycles. The third-order valence-electron chi connectivity index (χ3n) is 1.82. The van der Waals surface area contributed by atoms with E-state index in [4.69, 9.17) is 27.9 Å². The fourth-order valence-corrected chi connectivity index (χ4v) is 1.49. The molecule has 92 valence electrons. The third-order valence-corrected chi connectivity index (χ3v) is 2.30. The number of hydrogen-bond acceptors (Lipinski definition) is 6. The van der Waals surface area contributed by atoms with E-state index in [1.54, 1.807) is 0 Å². The zero-order valence-electron chi connectivity index (χ0n) is 8.58. The fraction of sp³-hybridized carbons (Fsp3) is 0. The van der Waals surface area contributed by atoms with Crippen molar-refractivity contribution in [2.75, 3.05) is 0 Å². The van der Waals surface area contributed by atoms with Crippen molar-refractivity contribution in [2.45, 2.75) is 0 Å². The zero-order chi connectivity index (χ0) is 13.1. The average Bonchev–Trinajstić information content (AvgIpc) is 2.28. The Kier molecular flexibility index (Phi) is 3.54. The van der Waals surface area contributed by atoms with Crippen molar-refractivity contribution in [2.24, 2.45) is 0 Å². The summed E-state index contributed by atoms with van der Waals surface area (Å²) in [5.41, 5.74) is -0.515. The van der Waals surface area contributed by atoms with Gasteiger partial charge in [-0.3, -0.25) is 15.1 Å². The number of halogens is 2. The topological polar surface area (TPSA) is 91.0 Å². The van der Waals surface area contributed by atoms with Crippen LogP contribution in [0.15, 0.2) is 24.8 Å². The maximum atomic E-state index is 10.8. The number of ether oxygens (including phenoxy) is 1. The van der Waals surface area contributed by atoms with E-state index < -0.39 is 10.6 Å². The summed E-state index contributed by atoms with van der Waals surface area (Å²) < 4.78 is 5.21. The molecule has 0 aliphatic heterocycles. The molecule has 0 fully saturated rings. The van der Waals surface area contributed by atoms with E-state index in [0.29, 0.717) is 5.02 Å². The first kappa shape index (κ1) is 12.5. The molecule has 2 aromatic heterocycles. The van der Waals surface area contributed by atoms with Gasteiger partial charge in [-0.05, 0) is 0 Å². The SMILES string of the molecule is O=[N+]([O-])c1c(Cl)ncnc1Oc1cncc(Cl)c1. The summed E-state index contributed by atoms with van der Waals surface area (Å²) in [6, 6.07) is 1.44. The Morgan fingerprint density at radius 3 is 2.72 bits per heavy atom. The lowest BCUT2D eigenvalue weighted by Gasteiger charge is -2.04. The molecule has 0 aliphatic carbocycles. The summed E-state index contributed by atoms with van der Waals surface area (Å²) in [4.78, 5) is 21.0. The summed E-state index contributed by atoms with van der Waals surface area (Å²) >= 11 is 11.3. The van der Waals surface area contributed by atoms with E-state index in [0.717, 1.165) is 6.33 Å². The smallest absolute Gasteiger partial charge is 0.368 e. The van der Waals surface area contributed by atoms with Crippen molar-refractivity contribution in [3.05, 3.63) is 45.1 Å². The van der Waals surface area contributed by atoms with Crippen molar-refractivity contribution in [1.29, 1.82) is 0 Å². The van der Waals surface area contributed by atoms with Gasteiger partial charge < -0.3 is 4.74 Å². The molecule has 0 aromatic carbocycles. The minimum Gasteiger partial charge on any atom is -0.432 e. The predicted molar refractivity (Wildman–Crippen MR) is 63.0 cm³/mol. The Morgan fingerprint density at radius 2 is 2.06 bits per heavy atom. The molecular formula is C9H4Cl2N4O3. The molecule has 0 amide bonds. The van der Waals surface area contributed by atoms with Crippen molar-refractivity contribution >= 4 is 28.9 Å². The Bertz CT molecular complexity index is 608. The van der Waals surface area contributed by atoms with E-state index in [1.165, 1.54) is 18.5 Å². The minimum absolute atomic E-state index is 0.209. The van der Waals surface area contributed by atoms with Gasteiger partial charge in [0.25, 0.3) is 0 Å². The van der Waals surface area contributed by atoms with Crippen LogP contribution in [0.3, 0.4) is 0 Å². The molecule has 0 N–H and O–H groups in total. The van der Waals surface area contributed by atoms with Crippen LogP contribution in [0.4, 0.5) is 5.69 Å². The molecule has 0 unspecified atom stereocenters. The van der Waals surface area contributed by atoms with Crippen molar-refractivity contribution in [1.82, 2.24) is 15.0 Å². The summed E-state index contributed by atoms with van der Waals surface area (Å²) in [7, 11) is 0. The van der Waals surface area contributed by atoms with Gasteiger partial charge in [-0.25, -0.2) is 4.98 Å². The second kappa shape index (κ2) is 5.11. The lowest BCUT2D eigenvalue weighted by atomic mass is 10.4. The minimum atomic E-state index is -0.727. The largest absolute Gasteiger partial charge is 0.432 e. The maximum absolute atomic E-state index is 10.8. The lowest BCUT2D eigenvalue weighted by molar-refractivity contribution is -0.386. The molecule has 2 aromatic rings. The van der Waals surface area contributed by atoms with Crippen LogP contribution in [-0.2, 0) is 0 Å². The van der Waals surface area contributed by atoms with Gasteiger partial charge in [0, 0.05) is 12.3 Å². The molecule has 18 heavy (non-hydrogen) atoms. The first-order valence-electron chi connectivity index (χ1n) is 4.51. The van der Waals surface area contributed by atoms with Gasteiger partial charge in [0.2, 0.25) is 5.15 Å². The highest BCUT2D eigenvalue weighted by atomic mass is 35.5. The Hall–Kier alpha value is -1.99. The molecule has 0 bridgehead atoms. The van der Waals surface area contributed by atoms with Crippen LogP contribution >= 0.6 is 23.2 Å². The molecule has 0 radical (unpaired) electrons. The van der Waals surface area contributed by atoms with Gasteiger partial charge in [-0.1, -0.05) is 23.2 Å². The molecular weight excluding hydrogens is 283 g/mol. The molecule has 2 rings (SSSR count). The Morgan fingerprint density at radius 1 is 1.28 bits per heavy atom. The summed E-state index contributed by atoms with van der Waals surface area (Å²) in [5.74, 6) is -0.0653. The maximum Gasteiger partial charge on any atom is 0.368 e. The van der Waals surface area contributed by atoms with E-state index in [-0.39, 0.29) is 16.8 Å². The molecule has 0 saturated carbocycles. The number of rotatable bonds is 3. The summed E-state index contributed by atoms with van der Waals surface area (Å²) in [6.45, 7) is 0. The second-order valence-electron chi connectivity index (χ2n) is 3.02. The number of nitrogens with zero attached hydrogens (tertiary/aromatic N) is 4. The monoisotopic (exact) mass is 286 g/mol. The first-order chi connectivity index (χ1) is 8.58. The highest BCUT2D eigenvalue weighted by Crippen LogP contribution is 2.33. The highest BCUT2D eigenvalue weighted by Gasteiger charge is 2.23. The quantitative estimate of drug-likeness (QED) is 0.489. The Labute approximate surface area is 111 Å². The normalized spacial score (nSPS) is 10.1. The molecule has 0 aliphatic rings. The van der Waals surface area contributed by atoms with Gasteiger partial charge in [0.1, 0.15) is 12.1 Å². The second-order valence-corrected chi connectivity index (χ2v) is 3.81. The van der Waals surface area contributed by atoms with Gasteiger partial charge >= 0.3 is 11.6 Å². The van der Waals surface area contributed by atoms with Gasteiger partial charge in [-0.15, -0.1) is 0 Å². The number of aromatic nitrogens is 3. The number of nitro groups is 1. The van der Waals surface area contributed by atoms with Crippen LogP contribution in [0, 0.1) is 10.1 Å². The molecule has 9 heteroatoms. The van der Waals surface area contributed by atoms with Crippen LogP contribution in [0.5, 0.6) is 11.6 Å². The van der Waals surface area contributed by atoms with Gasteiger partial charge in [0.15, 0.2) is 0 Å². The van der Waals surface area contributed by atoms with E-state index in [1.807, 2.05) is 0 Å². The van der Waals surface area contributed by atoms with Gasteiger partial charge in [0.05, 0.1) is 16.1 Å². The molecule has 2 heterocycles. The third kappa shape index (κ3) is 2.63. The fourth-order valence-electron chi connectivity index (χ4n) is 1.13. The lowest BCUT2D eigenvalue weighted by Crippen LogP contribution is -1.98. The van der Waals surface area contributed by atoms with Crippen molar-refractivity contribution < 1.29 is 9.66 Å². The molecule has 0 spiro atoms. The molecule has 7 nitrogen and oxygen atoms in total. The predicted octanol–water partition coefficient (Wildman–Crippen LogP) is 2.88. The zero-order valence-corrected chi connectivity index (χ0v) is 10.1. The molecule has 0 atom stereocenters. The first-order valence-corrected chi connectivity index (χ1v) is 5.27. The van der Waals surface area contributed by atoms with Crippen LogP contribution in [0.1, 0.15) is 0 Å². The van der Waals surface area contributed by atoms with E-state index in [2.05, 4.69) is 15.0 Å². The average molecular weight is 287 g/mol. The van der Waals surface area contributed by atoms with E-state index in [9.17, 15) is 10.1 Å². The van der Waals surface area contributed by atoms with Crippen LogP contribution in [0.25, 0.3) is 0 Å². The van der Waals surface area contributed by atoms with Crippen molar-refractivity contribution in [3.8, 4) is 11.6 Å². The number of pyridine rings is 1. The van der Waals surface area contributed by atoms with E-state index >= 15 is 0 Å². The van der Waals surface area contributed by atoms with Crippen molar-refractivity contribution in [3.63, 3.8) is 0 Å². The Balaban J connectivity index is 2.40. The van der Waals surface area contributed by atoms with Crippen LogP contribution < -0.4 is 4.74 Å². The summed E-state index contributed by atoms with van der Waals surface area (Å²) in [6.07, 6.45) is 3.80. The number of hydrogen-bond donors (Lipinski definition) is 0. The van der Waals surface area contributed by atoms with Gasteiger partial charge in [-0.2, -0.15) is 4.98 Å². The standard InChI is InChI=1S/C9H4Cl2N4O3/c10-5-1-6(3-12-2-5)18-9-7(15(16)17)8(11)13-4-14-9/h1-4H.